The smallest absolute Gasteiger partial charge is 0.0555 e. The van der Waals surface area contributed by atoms with Gasteiger partial charge in [0.05, 0.1) is 8.16 Å². The zero-order valence-electron chi connectivity index (χ0n) is 10.2. The van der Waals surface area contributed by atoms with Crippen LogP contribution in [0.4, 0.5) is 0 Å². The second kappa shape index (κ2) is 6.36. The monoisotopic (exact) mass is 282 g/mol. The Morgan fingerprint density at radius 3 is 1.07 bits per heavy atom. The molecule has 0 N–H and O–H groups in total. The lowest BCUT2D eigenvalue weighted by atomic mass is 10.5. The van der Waals surface area contributed by atoms with Crippen molar-refractivity contribution in [1.29, 1.82) is 0 Å². The van der Waals surface area contributed by atoms with Crippen LogP contribution in [0.1, 0.15) is 34.1 Å². The highest BCUT2D eigenvalue weighted by Gasteiger charge is 2.23. The highest BCUT2D eigenvalue weighted by molar-refractivity contribution is 8.21. The number of hydrogen-bond acceptors (Lipinski definition) is 4. The Morgan fingerprint density at radius 1 is 0.600 bits per heavy atom. The molecule has 2 fully saturated rings. The second-order valence-electron chi connectivity index (χ2n) is 4.55. The first-order valence-corrected chi connectivity index (χ1v) is 9.41. The van der Waals surface area contributed by atoms with Crippen LogP contribution in [0, 0.1) is 0 Å². The number of thioether (sulfide) groups is 4. The van der Waals surface area contributed by atoms with Crippen molar-refractivity contribution in [3.63, 3.8) is 0 Å². The zero-order chi connectivity index (χ0) is 11.4. The van der Waals surface area contributed by atoms with Crippen molar-refractivity contribution in [2.24, 2.45) is 0 Å². The summed E-state index contributed by atoms with van der Waals surface area (Å²) in [6.07, 6.45) is 1.40. The maximum absolute atomic E-state index is 2.31. The number of hydrogen-bond donors (Lipinski definition) is 0. The molecule has 0 atom stereocenters. The average Bonchev–Trinajstić information content (AvgIpc) is 2.51. The van der Waals surface area contributed by atoms with E-state index in [1.165, 1.54) is 29.4 Å². The summed E-state index contributed by atoms with van der Waals surface area (Å²) in [5, 5.41) is 0. The highest BCUT2D eigenvalue weighted by Crippen LogP contribution is 2.42. The van der Waals surface area contributed by atoms with E-state index in [4.69, 9.17) is 0 Å². The largest absolute Gasteiger partial charge is 0.145 e. The van der Waals surface area contributed by atoms with E-state index in [-0.39, 0.29) is 0 Å². The van der Waals surface area contributed by atoms with Crippen LogP contribution < -0.4 is 0 Å². The van der Waals surface area contributed by atoms with Crippen LogP contribution in [0.15, 0.2) is 0 Å². The van der Waals surface area contributed by atoms with Crippen LogP contribution >= 0.6 is 47.0 Å². The molecule has 2 aliphatic rings. The van der Waals surface area contributed by atoms with Gasteiger partial charge in [-0.15, -0.1) is 47.0 Å². The van der Waals surface area contributed by atoms with Gasteiger partial charge < -0.3 is 0 Å². The summed E-state index contributed by atoms with van der Waals surface area (Å²) in [7, 11) is 0. The van der Waals surface area contributed by atoms with Crippen molar-refractivity contribution in [3.05, 3.63) is 0 Å². The van der Waals surface area contributed by atoms with Crippen molar-refractivity contribution >= 4 is 47.0 Å². The van der Waals surface area contributed by atoms with Crippen molar-refractivity contribution in [2.45, 2.75) is 42.3 Å². The van der Waals surface area contributed by atoms with E-state index in [1.807, 2.05) is 0 Å². The van der Waals surface area contributed by atoms with Crippen molar-refractivity contribution in [2.75, 3.05) is 23.0 Å². The summed E-state index contributed by atoms with van der Waals surface area (Å²) in [6, 6.07) is 0. The molecule has 2 aliphatic heterocycles. The van der Waals surface area contributed by atoms with Gasteiger partial charge in [-0.25, -0.2) is 0 Å². The van der Waals surface area contributed by atoms with Gasteiger partial charge in [0.15, 0.2) is 0 Å². The van der Waals surface area contributed by atoms with Crippen LogP contribution in [0.3, 0.4) is 0 Å². The first kappa shape index (κ1) is 14.5. The average molecular weight is 283 g/mol. The first-order chi connectivity index (χ1) is 6.91. The molecule has 0 aliphatic carbocycles. The van der Waals surface area contributed by atoms with Gasteiger partial charge in [0.25, 0.3) is 0 Å². The topological polar surface area (TPSA) is 0 Å². The summed E-state index contributed by atoms with van der Waals surface area (Å²) in [4.78, 5) is 0. The maximum Gasteiger partial charge on any atom is 0.0555 e. The fourth-order valence-corrected chi connectivity index (χ4v) is 6.41. The molecule has 0 nitrogen and oxygen atoms in total. The Kier molecular flexibility index (Phi) is 6.14. The maximum atomic E-state index is 2.31. The Bertz CT molecular complexity index is 173. The molecule has 0 aromatic rings. The standard InChI is InChI=1S/C6H12S2.C5H10S2/c1-6(2)7-4-3-5-8-6;1-5(2)6-3-4-7-5/h3-5H2,1-2H3;3-4H2,1-2H3. The summed E-state index contributed by atoms with van der Waals surface area (Å²) < 4.78 is 1.04. The van der Waals surface area contributed by atoms with E-state index in [0.29, 0.717) is 8.16 Å². The fourth-order valence-electron chi connectivity index (χ4n) is 1.35. The van der Waals surface area contributed by atoms with E-state index >= 15 is 0 Å². The lowest BCUT2D eigenvalue weighted by Gasteiger charge is -2.27. The summed E-state index contributed by atoms with van der Waals surface area (Å²) in [5.41, 5.74) is 0. The van der Waals surface area contributed by atoms with Gasteiger partial charge in [-0.05, 0) is 45.6 Å². The van der Waals surface area contributed by atoms with Gasteiger partial charge in [0.2, 0.25) is 0 Å². The third-order valence-corrected chi connectivity index (χ3v) is 8.43. The molecule has 0 saturated carbocycles. The minimum absolute atomic E-state index is 0.512. The normalized spacial score (nSPS) is 28.0. The molecule has 4 heteroatoms. The molecule has 15 heavy (non-hydrogen) atoms. The molecular weight excluding hydrogens is 260 g/mol. The van der Waals surface area contributed by atoms with Crippen LogP contribution in [0.5, 0.6) is 0 Å². The van der Waals surface area contributed by atoms with Crippen LogP contribution in [-0.2, 0) is 0 Å². The van der Waals surface area contributed by atoms with Crippen molar-refractivity contribution < 1.29 is 0 Å². The van der Waals surface area contributed by atoms with E-state index in [0.717, 1.165) is 0 Å². The van der Waals surface area contributed by atoms with Crippen LogP contribution in [0.2, 0.25) is 0 Å². The predicted octanol–water partition coefficient (Wildman–Crippen LogP) is 4.80. The molecule has 2 rings (SSSR count). The summed E-state index contributed by atoms with van der Waals surface area (Å²) in [5.74, 6) is 5.41. The van der Waals surface area contributed by atoms with Gasteiger partial charge in [-0.2, -0.15) is 0 Å². The molecule has 0 spiro atoms. The van der Waals surface area contributed by atoms with Crippen LogP contribution in [0.25, 0.3) is 0 Å². The molecule has 0 aromatic heterocycles. The van der Waals surface area contributed by atoms with Crippen LogP contribution in [-0.4, -0.2) is 31.2 Å². The van der Waals surface area contributed by atoms with E-state index in [9.17, 15) is 0 Å². The molecule has 90 valence electrons. The van der Waals surface area contributed by atoms with Gasteiger partial charge in [0.1, 0.15) is 0 Å². The second-order valence-corrected chi connectivity index (χ2v) is 11.9. The minimum Gasteiger partial charge on any atom is -0.145 e. The lowest BCUT2D eigenvalue weighted by molar-refractivity contribution is 0.976. The van der Waals surface area contributed by atoms with Gasteiger partial charge in [0, 0.05) is 11.5 Å². The Morgan fingerprint density at radius 2 is 0.933 bits per heavy atom. The molecule has 0 amide bonds. The van der Waals surface area contributed by atoms with E-state index in [1.54, 1.807) is 0 Å². The SMILES string of the molecule is CC1(C)SCCCS1.CC1(C)SCCS1. The van der Waals surface area contributed by atoms with Crippen molar-refractivity contribution in [1.82, 2.24) is 0 Å². The third-order valence-electron chi connectivity index (χ3n) is 2.17. The van der Waals surface area contributed by atoms with E-state index < -0.39 is 0 Å². The summed E-state index contributed by atoms with van der Waals surface area (Å²) >= 11 is 8.29. The van der Waals surface area contributed by atoms with Gasteiger partial charge in [-0.1, -0.05) is 0 Å². The molecular formula is C11H22S4. The molecule has 2 heterocycles. The summed E-state index contributed by atoms with van der Waals surface area (Å²) in [6.45, 7) is 9.19. The van der Waals surface area contributed by atoms with Gasteiger partial charge in [-0.3, -0.25) is 0 Å². The van der Waals surface area contributed by atoms with Crippen molar-refractivity contribution in [3.8, 4) is 0 Å². The minimum atomic E-state index is 0.512. The quantitative estimate of drug-likeness (QED) is 0.626. The Labute approximate surface area is 112 Å². The predicted molar refractivity (Wildman–Crippen MR) is 82.6 cm³/mol. The molecule has 0 aromatic carbocycles. The fraction of sp³-hybridized carbons (Fsp3) is 1.00. The third kappa shape index (κ3) is 6.64. The lowest BCUT2D eigenvalue weighted by Crippen LogP contribution is -2.15. The number of rotatable bonds is 0. The molecule has 0 bridgehead atoms. The highest BCUT2D eigenvalue weighted by atomic mass is 32.2. The zero-order valence-corrected chi connectivity index (χ0v) is 13.4. The van der Waals surface area contributed by atoms with Gasteiger partial charge >= 0.3 is 0 Å². The van der Waals surface area contributed by atoms with E-state index in [2.05, 4.69) is 74.7 Å². The molecule has 2 saturated heterocycles. The Balaban J connectivity index is 0.000000151. The molecule has 0 unspecified atom stereocenters. The first-order valence-electron chi connectivity index (χ1n) is 5.47. The Hall–Kier alpha value is 1.40. The molecule has 0 radical (unpaired) electrons.